The molecule has 0 radical (unpaired) electrons. The first kappa shape index (κ1) is 12.6. The fourth-order valence-corrected chi connectivity index (χ4v) is 2.88. The van der Waals surface area contributed by atoms with Gasteiger partial charge in [0.25, 0.3) is 10.1 Å². The molecule has 0 aromatic rings. The van der Waals surface area contributed by atoms with Gasteiger partial charge < -0.3 is 0 Å². The molecule has 0 saturated carbocycles. The Bertz CT molecular complexity index is 188. The quantitative estimate of drug-likeness (QED) is 0.379. The van der Waals surface area contributed by atoms with E-state index in [1.54, 1.807) is 21.6 Å². The van der Waals surface area contributed by atoms with Gasteiger partial charge in [0.05, 0.1) is 12.9 Å². The van der Waals surface area contributed by atoms with Gasteiger partial charge in [0, 0.05) is 11.5 Å². The summed E-state index contributed by atoms with van der Waals surface area (Å²) < 4.78 is 25.5. The van der Waals surface area contributed by atoms with Gasteiger partial charge in [-0.05, 0) is 6.42 Å². The predicted molar refractivity (Wildman–Crippen MR) is 56.0 cm³/mol. The van der Waals surface area contributed by atoms with Crippen LogP contribution < -0.4 is 0 Å². The van der Waals surface area contributed by atoms with Gasteiger partial charge in [-0.25, -0.2) is 0 Å². The lowest BCUT2D eigenvalue weighted by Gasteiger charge is -1.99. The molecule has 0 atom stereocenters. The summed E-state index contributed by atoms with van der Waals surface area (Å²) >= 11 is 0. The highest BCUT2D eigenvalue weighted by Crippen LogP contribution is 2.21. The Morgan fingerprint density at radius 1 is 1.25 bits per heavy atom. The Labute approximate surface area is 82.2 Å². The predicted octanol–water partition coefficient (Wildman–Crippen LogP) is 1.75. The first-order chi connectivity index (χ1) is 5.56. The summed E-state index contributed by atoms with van der Waals surface area (Å²) in [4.78, 5) is 0. The van der Waals surface area contributed by atoms with Crippen LogP contribution in [0, 0.1) is 0 Å². The van der Waals surface area contributed by atoms with E-state index in [-0.39, 0.29) is 6.61 Å². The van der Waals surface area contributed by atoms with Crippen molar-refractivity contribution in [2.75, 3.05) is 24.4 Å². The van der Waals surface area contributed by atoms with Gasteiger partial charge in [0.2, 0.25) is 0 Å². The molecule has 0 spiro atoms. The van der Waals surface area contributed by atoms with E-state index in [0.29, 0.717) is 0 Å². The standard InChI is InChI=1S/C6H14O3S3/c1-3-5-10-11-6-4-9-12(2,7)8/h3-6H2,1-2H3. The van der Waals surface area contributed by atoms with Crippen molar-refractivity contribution in [3.8, 4) is 0 Å². The van der Waals surface area contributed by atoms with Crippen molar-refractivity contribution < 1.29 is 12.6 Å². The smallest absolute Gasteiger partial charge is 0.264 e. The van der Waals surface area contributed by atoms with E-state index in [2.05, 4.69) is 11.1 Å². The Kier molecular flexibility index (Phi) is 7.41. The molecule has 0 aliphatic heterocycles. The molecule has 6 heteroatoms. The maximum atomic E-state index is 10.5. The summed E-state index contributed by atoms with van der Waals surface area (Å²) in [6, 6.07) is 0. The topological polar surface area (TPSA) is 43.4 Å². The molecule has 0 heterocycles. The molecule has 0 rings (SSSR count). The molecule has 0 N–H and O–H groups in total. The zero-order valence-electron chi connectivity index (χ0n) is 7.28. The summed E-state index contributed by atoms with van der Waals surface area (Å²) in [7, 11) is 0.152. The Hall–Kier alpha value is 0.610. The molecular formula is C6H14O3S3. The fourth-order valence-electron chi connectivity index (χ4n) is 0.421. The molecule has 12 heavy (non-hydrogen) atoms. The first-order valence-corrected chi connectivity index (χ1v) is 7.95. The van der Waals surface area contributed by atoms with Gasteiger partial charge in [0.15, 0.2) is 0 Å². The van der Waals surface area contributed by atoms with Crippen molar-refractivity contribution in [3.05, 3.63) is 0 Å². The second-order valence-corrected chi connectivity index (χ2v) is 6.52. The van der Waals surface area contributed by atoms with Crippen LogP contribution in [0.3, 0.4) is 0 Å². The molecule has 0 unspecified atom stereocenters. The number of hydrogen-bond donors (Lipinski definition) is 0. The first-order valence-electron chi connectivity index (χ1n) is 3.65. The molecule has 3 nitrogen and oxygen atoms in total. The Morgan fingerprint density at radius 3 is 2.33 bits per heavy atom. The van der Waals surface area contributed by atoms with Crippen LogP contribution in [0.4, 0.5) is 0 Å². The van der Waals surface area contributed by atoms with Crippen LogP contribution in [0.2, 0.25) is 0 Å². The highest BCUT2D eigenvalue weighted by Gasteiger charge is 1.99. The van der Waals surface area contributed by atoms with Crippen molar-refractivity contribution in [2.24, 2.45) is 0 Å². The third-order valence-electron chi connectivity index (χ3n) is 0.835. The minimum Gasteiger partial charge on any atom is -0.269 e. The lowest BCUT2D eigenvalue weighted by atomic mass is 10.6. The average molecular weight is 230 g/mol. The van der Waals surface area contributed by atoms with Gasteiger partial charge in [-0.2, -0.15) is 8.42 Å². The summed E-state index contributed by atoms with van der Waals surface area (Å²) in [6.45, 7) is 2.39. The van der Waals surface area contributed by atoms with Crippen LogP contribution in [-0.4, -0.2) is 32.8 Å². The lowest BCUT2D eigenvalue weighted by Crippen LogP contribution is -2.05. The molecule has 0 aromatic heterocycles. The van der Waals surface area contributed by atoms with Gasteiger partial charge in [-0.15, -0.1) is 0 Å². The lowest BCUT2D eigenvalue weighted by molar-refractivity contribution is 0.345. The maximum Gasteiger partial charge on any atom is 0.264 e. The van der Waals surface area contributed by atoms with Gasteiger partial charge >= 0.3 is 0 Å². The Morgan fingerprint density at radius 2 is 1.83 bits per heavy atom. The van der Waals surface area contributed by atoms with Crippen LogP contribution in [0.1, 0.15) is 13.3 Å². The molecular weight excluding hydrogens is 216 g/mol. The van der Waals surface area contributed by atoms with Gasteiger partial charge in [-0.1, -0.05) is 28.5 Å². The summed E-state index contributed by atoms with van der Waals surface area (Å²) in [6.07, 6.45) is 2.21. The van der Waals surface area contributed by atoms with E-state index in [9.17, 15) is 8.42 Å². The van der Waals surface area contributed by atoms with Crippen LogP contribution in [-0.2, 0) is 14.3 Å². The van der Waals surface area contributed by atoms with E-state index in [1.165, 1.54) is 0 Å². The molecule has 0 fully saturated rings. The molecule has 74 valence electrons. The van der Waals surface area contributed by atoms with Crippen LogP contribution in [0.5, 0.6) is 0 Å². The molecule has 0 saturated heterocycles. The summed E-state index contributed by atoms with van der Waals surface area (Å²) in [5.41, 5.74) is 0. The highest BCUT2D eigenvalue weighted by molar-refractivity contribution is 8.76. The Balaban J connectivity index is 3.12. The third-order valence-corrected chi connectivity index (χ3v) is 4.00. The second kappa shape index (κ2) is 7.06. The molecule has 0 aliphatic carbocycles. The summed E-state index contributed by atoms with van der Waals surface area (Å²) in [5, 5.41) is 0. The van der Waals surface area contributed by atoms with Crippen molar-refractivity contribution in [3.63, 3.8) is 0 Å². The third kappa shape index (κ3) is 10.6. The maximum absolute atomic E-state index is 10.5. The largest absolute Gasteiger partial charge is 0.269 e. The van der Waals surface area contributed by atoms with E-state index in [1.807, 2.05) is 0 Å². The number of rotatable bonds is 7. The highest BCUT2D eigenvalue weighted by atomic mass is 33.1. The SMILES string of the molecule is CCCSSCCOS(C)(=O)=O. The van der Waals surface area contributed by atoms with Crippen molar-refractivity contribution in [1.29, 1.82) is 0 Å². The minimum atomic E-state index is -3.24. The van der Waals surface area contributed by atoms with E-state index >= 15 is 0 Å². The second-order valence-electron chi connectivity index (χ2n) is 2.17. The zero-order valence-corrected chi connectivity index (χ0v) is 9.73. The summed E-state index contributed by atoms with van der Waals surface area (Å²) in [5.74, 6) is 1.82. The zero-order chi connectivity index (χ0) is 9.45. The van der Waals surface area contributed by atoms with Crippen LogP contribution in [0.25, 0.3) is 0 Å². The molecule has 0 aliphatic rings. The average Bonchev–Trinajstić information content (AvgIpc) is 1.94. The monoisotopic (exact) mass is 230 g/mol. The van der Waals surface area contributed by atoms with E-state index < -0.39 is 10.1 Å². The van der Waals surface area contributed by atoms with Gasteiger partial charge in [0.1, 0.15) is 0 Å². The van der Waals surface area contributed by atoms with Crippen LogP contribution in [0.15, 0.2) is 0 Å². The minimum absolute atomic E-state index is 0.278. The van der Waals surface area contributed by atoms with E-state index in [0.717, 1.165) is 24.2 Å². The van der Waals surface area contributed by atoms with Crippen molar-refractivity contribution in [2.45, 2.75) is 13.3 Å². The number of hydrogen-bond acceptors (Lipinski definition) is 5. The van der Waals surface area contributed by atoms with Gasteiger partial charge in [-0.3, -0.25) is 4.18 Å². The normalized spacial score (nSPS) is 11.8. The van der Waals surface area contributed by atoms with Crippen LogP contribution >= 0.6 is 21.6 Å². The fraction of sp³-hybridized carbons (Fsp3) is 1.00. The van der Waals surface area contributed by atoms with Crippen molar-refractivity contribution in [1.82, 2.24) is 0 Å². The molecule has 0 aromatic carbocycles. The molecule has 0 amide bonds. The van der Waals surface area contributed by atoms with E-state index in [4.69, 9.17) is 0 Å². The van der Waals surface area contributed by atoms with Crippen molar-refractivity contribution >= 4 is 31.7 Å². The molecule has 0 bridgehead atoms.